The molecule has 0 fully saturated rings. The van der Waals surface area contributed by atoms with Gasteiger partial charge in [0, 0.05) is 0 Å². The van der Waals surface area contributed by atoms with Crippen LogP contribution in [-0.2, 0) is 9.59 Å². The van der Waals surface area contributed by atoms with E-state index < -0.39 is 0 Å². The molecule has 0 aliphatic rings. The quantitative estimate of drug-likeness (QED) is 0.511. The van der Waals surface area contributed by atoms with Crippen LogP contribution in [0.2, 0.25) is 0 Å². The molecule has 78 valence electrons. The molecule has 0 spiro atoms. The first-order chi connectivity index (χ1) is 6.31. The molecule has 0 N–H and O–H groups in total. The van der Waals surface area contributed by atoms with Crippen LogP contribution in [0.3, 0.4) is 0 Å². The number of allylic oxidation sites excluding steroid dienone is 4. The lowest BCUT2D eigenvalue weighted by Gasteiger charge is -1.89. The van der Waals surface area contributed by atoms with E-state index in [4.69, 9.17) is 0 Å². The number of hydrogen-bond donors (Lipinski definition) is 0. The van der Waals surface area contributed by atoms with Crippen LogP contribution in [0.25, 0.3) is 0 Å². The average molecular weight is 194 g/mol. The molecule has 0 heterocycles. The fraction of sp³-hybridized carbons (Fsp3) is 0.333. The molecule has 0 radical (unpaired) electrons. The second-order valence-electron chi connectivity index (χ2n) is 3.20. The summed E-state index contributed by atoms with van der Waals surface area (Å²) in [6, 6.07) is 0. The van der Waals surface area contributed by atoms with E-state index in [1.165, 1.54) is 24.6 Å². The van der Waals surface area contributed by atoms with Gasteiger partial charge in [-0.1, -0.05) is 12.2 Å². The number of rotatable bonds is 3. The molecule has 2 nitrogen and oxygen atoms in total. The van der Waals surface area contributed by atoms with Crippen molar-refractivity contribution in [2.75, 3.05) is 0 Å². The molecule has 0 bridgehead atoms. The standard InChI is InChI=1S/C8H10O2.C4H8/c1-4-8(10)5-6(2)7(3)9;1-4(2)3/h4-5H,1H2,2-3H3;1H2,2-3H3. The molecule has 0 saturated carbocycles. The molecule has 0 atom stereocenters. The summed E-state index contributed by atoms with van der Waals surface area (Å²) < 4.78 is 0. The third kappa shape index (κ3) is 13.2. The van der Waals surface area contributed by atoms with E-state index in [0.29, 0.717) is 5.57 Å². The lowest BCUT2D eigenvalue weighted by molar-refractivity contribution is -0.114. The van der Waals surface area contributed by atoms with Crippen LogP contribution in [0.5, 0.6) is 0 Å². The van der Waals surface area contributed by atoms with Crippen molar-refractivity contribution in [2.45, 2.75) is 27.7 Å². The summed E-state index contributed by atoms with van der Waals surface area (Å²) in [4.78, 5) is 21.1. The molecule has 0 amide bonds. The number of Topliss-reactive ketones (excluding diaryl/α,β-unsaturated/α-hetero) is 1. The minimum atomic E-state index is -0.229. The Kier molecular flexibility index (Phi) is 8.79. The number of carbonyl (C=O) groups excluding carboxylic acids is 2. The van der Waals surface area contributed by atoms with Gasteiger partial charge < -0.3 is 0 Å². The van der Waals surface area contributed by atoms with Crippen molar-refractivity contribution >= 4 is 11.6 Å². The minimum Gasteiger partial charge on any atom is -0.295 e. The summed E-state index contributed by atoms with van der Waals surface area (Å²) >= 11 is 0. The largest absolute Gasteiger partial charge is 0.295 e. The van der Waals surface area contributed by atoms with E-state index in [0.717, 1.165) is 0 Å². The van der Waals surface area contributed by atoms with Gasteiger partial charge in [-0.15, -0.1) is 6.58 Å². The van der Waals surface area contributed by atoms with E-state index in [2.05, 4.69) is 13.2 Å². The Bertz CT molecular complexity index is 266. The predicted molar refractivity (Wildman–Crippen MR) is 60.1 cm³/mol. The highest BCUT2D eigenvalue weighted by Gasteiger charge is 1.96. The molecular weight excluding hydrogens is 176 g/mol. The lowest BCUT2D eigenvalue weighted by Crippen LogP contribution is -1.95. The van der Waals surface area contributed by atoms with Gasteiger partial charge in [0.2, 0.25) is 0 Å². The third-order valence-corrected chi connectivity index (χ3v) is 1.12. The Morgan fingerprint density at radius 2 is 1.43 bits per heavy atom. The molecule has 0 saturated heterocycles. The van der Waals surface area contributed by atoms with Gasteiger partial charge in [0.1, 0.15) is 0 Å². The number of hydrogen-bond acceptors (Lipinski definition) is 2. The van der Waals surface area contributed by atoms with Crippen molar-refractivity contribution < 1.29 is 9.59 Å². The van der Waals surface area contributed by atoms with E-state index in [1.807, 2.05) is 13.8 Å². The normalized spacial score (nSPS) is 9.57. The molecule has 2 heteroatoms. The summed E-state index contributed by atoms with van der Waals surface area (Å²) in [7, 11) is 0. The Labute approximate surface area is 86.0 Å². The van der Waals surface area contributed by atoms with Gasteiger partial charge >= 0.3 is 0 Å². The van der Waals surface area contributed by atoms with Gasteiger partial charge in [0.05, 0.1) is 0 Å². The van der Waals surface area contributed by atoms with Gasteiger partial charge in [-0.25, -0.2) is 0 Å². The number of carbonyl (C=O) groups is 2. The van der Waals surface area contributed by atoms with Crippen molar-refractivity contribution in [2.24, 2.45) is 0 Å². The molecule has 0 unspecified atom stereocenters. The van der Waals surface area contributed by atoms with Crippen molar-refractivity contribution in [1.29, 1.82) is 0 Å². The summed E-state index contributed by atoms with van der Waals surface area (Å²) in [5, 5.41) is 0. The predicted octanol–water partition coefficient (Wildman–Crippen LogP) is 2.86. The van der Waals surface area contributed by atoms with Crippen LogP contribution in [0.4, 0.5) is 0 Å². The van der Waals surface area contributed by atoms with Crippen LogP contribution in [0.15, 0.2) is 36.5 Å². The SMILES string of the molecule is C=C(C)C.C=CC(=O)C=C(C)C(C)=O. The van der Waals surface area contributed by atoms with Gasteiger partial charge in [-0.05, 0) is 45.4 Å². The first-order valence-corrected chi connectivity index (χ1v) is 4.29. The molecule has 0 aromatic heterocycles. The molecular formula is C12H18O2. The van der Waals surface area contributed by atoms with Crippen LogP contribution in [0, 0.1) is 0 Å². The smallest absolute Gasteiger partial charge is 0.178 e. The zero-order chi connectivity index (χ0) is 11.7. The van der Waals surface area contributed by atoms with Crippen molar-refractivity contribution in [1.82, 2.24) is 0 Å². The first kappa shape index (κ1) is 15.1. The Hall–Kier alpha value is -1.44. The average Bonchev–Trinajstić information content (AvgIpc) is 2.02. The maximum atomic E-state index is 10.6. The van der Waals surface area contributed by atoms with Gasteiger partial charge in [-0.3, -0.25) is 9.59 Å². The zero-order valence-corrected chi connectivity index (χ0v) is 9.39. The maximum absolute atomic E-state index is 10.6. The fourth-order valence-corrected chi connectivity index (χ4v) is 0.374. The van der Waals surface area contributed by atoms with Crippen LogP contribution in [0.1, 0.15) is 27.7 Å². The summed E-state index contributed by atoms with van der Waals surface area (Å²) in [5.41, 5.74) is 1.63. The van der Waals surface area contributed by atoms with Gasteiger partial charge in [0.25, 0.3) is 0 Å². The maximum Gasteiger partial charge on any atom is 0.178 e. The number of ketones is 2. The molecule has 0 aliphatic carbocycles. The molecule has 0 aliphatic heterocycles. The van der Waals surface area contributed by atoms with Gasteiger partial charge in [0.15, 0.2) is 11.6 Å². The second kappa shape index (κ2) is 8.17. The highest BCUT2D eigenvalue weighted by molar-refractivity contribution is 6.05. The van der Waals surface area contributed by atoms with Crippen LogP contribution in [-0.4, -0.2) is 11.6 Å². The van der Waals surface area contributed by atoms with E-state index in [9.17, 15) is 9.59 Å². The van der Waals surface area contributed by atoms with E-state index in [-0.39, 0.29) is 11.6 Å². The lowest BCUT2D eigenvalue weighted by atomic mass is 10.2. The fourth-order valence-electron chi connectivity index (χ4n) is 0.374. The summed E-state index contributed by atoms with van der Waals surface area (Å²) in [5.74, 6) is -0.317. The zero-order valence-electron chi connectivity index (χ0n) is 9.39. The molecule has 14 heavy (non-hydrogen) atoms. The summed E-state index contributed by atoms with van der Waals surface area (Å²) in [6.07, 6.45) is 2.45. The Morgan fingerprint density at radius 3 is 1.64 bits per heavy atom. The van der Waals surface area contributed by atoms with Crippen LogP contribution >= 0.6 is 0 Å². The summed E-state index contributed by atoms with van der Waals surface area (Å²) in [6.45, 7) is 13.8. The highest BCUT2D eigenvalue weighted by Crippen LogP contribution is 1.93. The van der Waals surface area contributed by atoms with E-state index >= 15 is 0 Å². The molecule has 0 aromatic rings. The third-order valence-electron chi connectivity index (χ3n) is 1.12. The first-order valence-electron chi connectivity index (χ1n) is 4.29. The Morgan fingerprint density at radius 1 is 1.07 bits per heavy atom. The van der Waals surface area contributed by atoms with Gasteiger partial charge in [-0.2, -0.15) is 0 Å². The topological polar surface area (TPSA) is 34.1 Å². The molecule has 0 aromatic carbocycles. The monoisotopic (exact) mass is 194 g/mol. The Balaban J connectivity index is 0. The van der Waals surface area contributed by atoms with Crippen molar-refractivity contribution in [3.8, 4) is 0 Å². The minimum absolute atomic E-state index is 0.0878. The highest BCUT2D eigenvalue weighted by atomic mass is 16.1. The van der Waals surface area contributed by atoms with Crippen molar-refractivity contribution in [3.05, 3.63) is 36.5 Å². The van der Waals surface area contributed by atoms with E-state index in [1.54, 1.807) is 6.92 Å². The van der Waals surface area contributed by atoms with Crippen LogP contribution < -0.4 is 0 Å². The molecule has 0 rings (SSSR count). The second-order valence-corrected chi connectivity index (χ2v) is 3.20. The van der Waals surface area contributed by atoms with Crippen molar-refractivity contribution in [3.63, 3.8) is 0 Å².